The van der Waals surface area contributed by atoms with Crippen LogP contribution in [0.1, 0.15) is 17.0 Å². The monoisotopic (exact) mass is 324 g/mol. The Bertz CT molecular complexity index is 714. The molecule has 1 aliphatic rings. The van der Waals surface area contributed by atoms with E-state index in [1.807, 2.05) is 18.7 Å². The minimum absolute atomic E-state index is 0.173. The van der Waals surface area contributed by atoms with Gasteiger partial charge in [-0.05, 0) is 19.9 Å². The van der Waals surface area contributed by atoms with Crippen molar-refractivity contribution in [2.24, 2.45) is 0 Å². The molecule has 122 valence electrons. The lowest BCUT2D eigenvalue weighted by Gasteiger charge is -2.40. The number of halogens is 3. The lowest BCUT2D eigenvalue weighted by atomic mass is 10.1. The molecule has 0 spiro atoms. The van der Waals surface area contributed by atoms with Crippen LogP contribution in [-0.4, -0.2) is 34.1 Å². The normalized spacial score (nSPS) is 15.4. The Morgan fingerprint density at radius 1 is 1.17 bits per heavy atom. The maximum atomic E-state index is 12.6. The summed E-state index contributed by atoms with van der Waals surface area (Å²) >= 11 is 0. The Balaban J connectivity index is 1.64. The summed E-state index contributed by atoms with van der Waals surface area (Å²) in [6.07, 6.45) is -2.04. The van der Waals surface area contributed by atoms with E-state index in [2.05, 4.69) is 15.0 Å². The van der Waals surface area contributed by atoms with Gasteiger partial charge >= 0.3 is 6.18 Å². The Labute approximate surface area is 131 Å². The van der Waals surface area contributed by atoms with Crippen molar-refractivity contribution in [3.05, 3.63) is 41.6 Å². The predicted molar refractivity (Wildman–Crippen MR) is 77.4 cm³/mol. The van der Waals surface area contributed by atoms with Crippen LogP contribution in [-0.2, 0) is 6.18 Å². The molecule has 5 nitrogen and oxygen atoms in total. The first-order valence-corrected chi connectivity index (χ1v) is 7.07. The molecule has 0 aromatic carbocycles. The van der Waals surface area contributed by atoms with Gasteiger partial charge in [0.15, 0.2) is 0 Å². The molecule has 3 heterocycles. The summed E-state index contributed by atoms with van der Waals surface area (Å²) in [5.41, 5.74) is 0.950. The predicted octanol–water partition coefficient (Wildman–Crippen LogP) is 2.77. The zero-order chi connectivity index (χ0) is 16.6. The lowest BCUT2D eigenvalue weighted by Crippen LogP contribution is -2.54. The van der Waals surface area contributed by atoms with Gasteiger partial charge in [0, 0.05) is 23.5 Å². The minimum atomic E-state index is -4.47. The summed E-state index contributed by atoms with van der Waals surface area (Å²) in [4.78, 5) is 13.7. The standard InChI is InChI=1S/C15H15F3N4O/c1-9-10(2)20-8-21-14(9)22-6-12(7-22)23-11-3-4-19-13(5-11)15(16,17)18/h3-5,8,12H,6-7H2,1-2H3. The Morgan fingerprint density at radius 3 is 2.61 bits per heavy atom. The van der Waals surface area contributed by atoms with Gasteiger partial charge in [-0.1, -0.05) is 0 Å². The molecule has 3 rings (SSSR count). The Hall–Kier alpha value is -2.38. The molecule has 0 atom stereocenters. The van der Waals surface area contributed by atoms with Gasteiger partial charge < -0.3 is 9.64 Å². The van der Waals surface area contributed by atoms with Crippen LogP contribution in [0.5, 0.6) is 5.75 Å². The zero-order valence-corrected chi connectivity index (χ0v) is 12.6. The highest BCUT2D eigenvalue weighted by Crippen LogP contribution is 2.31. The third kappa shape index (κ3) is 3.20. The summed E-state index contributed by atoms with van der Waals surface area (Å²) < 4.78 is 43.5. The van der Waals surface area contributed by atoms with Gasteiger partial charge in [-0.3, -0.25) is 4.98 Å². The molecule has 1 aliphatic heterocycles. The zero-order valence-electron chi connectivity index (χ0n) is 12.6. The van der Waals surface area contributed by atoms with Crippen molar-refractivity contribution in [3.8, 4) is 5.75 Å². The fourth-order valence-electron chi connectivity index (χ4n) is 2.36. The smallest absolute Gasteiger partial charge is 0.433 e. The number of aromatic nitrogens is 3. The topological polar surface area (TPSA) is 51.1 Å². The first-order chi connectivity index (χ1) is 10.8. The maximum Gasteiger partial charge on any atom is 0.433 e. The maximum absolute atomic E-state index is 12.6. The molecule has 0 aliphatic carbocycles. The van der Waals surface area contributed by atoms with E-state index in [4.69, 9.17) is 4.74 Å². The van der Waals surface area contributed by atoms with Crippen molar-refractivity contribution in [1.82, 2.24) is 15.0 Å². The molecule has 0 N–H and O–H groups in total. The Morgan fingerprint density at radius 2 is 1.91 bits per heavy atom. The van der Waals surface area contributed by atoms with Crippen LogP contribution < -0.4 is 9.64 Å². The highest BCUT2D eigenvalue weighted by atomic mass is 19.4. The molecule has 0 radical (unpaired) electrons. The fraction of sp³-hybridized carbons (Fsp3) is 0.400. The molecule has 8 heteroatoms. The fourth-order valence-corrected chi connectivity index (χ4v) is 2.36. The average molecular weight is 324 g/mol. The number of aryl methyl sites for hydroxylation is 1. The second kappa shape index (κ2) is 5.68. The molecule has 2 aromatic heterocycles. The number of rotatable bonds is 3. The van der Waals surface area contributed by atoms with Crippen LogP contribution in [0.15, 0.2) is 24.7 Å². The van der Waals surface area contributed by atoms with Crippen LogP contribution in [0.25, 0.3) is 0 Å². The first kappa shape index (κ1) is 15.5. The van der Waals surface area contributed by atoms with Gasteiger partial charge in [0.25, 0.3) is 0 Å². The van der Waals surface area contributed by atoms with Crippen molar-refractivity contribution in [2.45, 2.75) is 26.1 Å². The molecule has 0 bridgehead atoms. The average Bonchev–Trinajstić information content (AvgIpc) is 2.45. The van der Waals surface area contributed by atoms with E-state index in [0.29, 0.717) is 13.1 Å². The van der Waals surface area contributed by atoms with Gasteiger partial charge in [-0.2, -0.15) is 13.2 Å². The number of hydrogen-bond acceptors (Lipinski definition) is 5. The summed E-state index contributed by atoms with van der Waals surface area (Å²) in [5.74, 6) is 1.01. The van der Waals surface area contributed by atoms with E-state index >= 15 is 0 Å². The van der Waals surface area contributed by atoms with E-state index < -0.39 is 11.9 Å². The third-order valence-corrected chi connectivity index (χ3v) is 3.78. The van der Waals surface area contributed by atoms with E-state index in [9.17, 15) is 13.2 Å². The van der Waals surface area contributed by atoms with Gasteiger partial charge in [0.05, 0.1) is 13.1 Å². The number of ether oxygens (including phenoxy) is 1. The highest BCUT2D eigenvalue weighted by molar-refractivity contribution is 5.50. The van der Waals surface area contributed by atoms with Crippen molar-refractivity contribution < 1.29 is 17.9 Å². The van der Waals surface area contributed by atoms with E-state index in [1.54, 1.807) is 0 Å². The quantitative estimate of drug-likeness (QED) is 0.869. The van der Waals surface area contributed by atoms with Gasteiger partial charge in [-0.25, -0.2) is 9.97 Å². The van der Waals surface area contributed by atoms with Crippen molar-refractivity contribution in [3.63, 3.8) is 0 Å². The van der Waals surface area contributed by atoms with E-state index in [0.717, 1.165) is 29.3 Å². The lowest BCUT2D eigenvalue weighted by molar-refractivity contribution is -0.141. The molecule has 23 heavy (non-hydrogen) atoms. The van der Waals surface area contributed by atoms with Crippen LogP contribution in [0.2, 0.25) is 0 Å². The molecule has 0 unspecified atom stereocenters. The largest absolute Gasteiger partial charge is 0.487 e. The molecular formula is C15H15F3N4O. The number of nitrogens with zero attached hydrogens (tertiary/aromatic N) is 4. The van der Waals surface area contributed by atoms with Crippen LogP contribution in [0, 0.1) is 13.8 Å². The van der Waals surface area contributed by atoms with Gasteiger partial charge in [0.2, 0.25) is 0 Å². The van der Waals surface area contributed by atoms with E-state index in [1.165, 1.54) is 12.4 Å². The van der Waals surface area contributed by atoms with Crippen molar-refractivity contribution >= 4 is 5.82 Å². The summed E-state index contributed by atoms with van der Waals surface area (Å²) in [7, 11) is 0. The number of hydrogen-bond donors (Lipinski definition) is 0. The molecule has 0 amide bonds. The number of anilines is 1. The summed E-state index contributed by atoms with van der Waals surface area (Å²) in [5, 5.41) is 0. The SMILES string of the molecule is Cc1ncnc(N2CC(Oc3ccnc(C(F)(F)F)c3)C2)c1C. The minimum Gasteiger partial charge on any atom is -0.487 e. The molecule has 2 aromatic rings. The number of pyridine rings is 1. The second-order valence-electron chi connectivity index (χ2n) is 5.43. The molecule has 1 saturated heterocycles. The van der Waals surface area contributed by atoms with Crippen molar-refractivity contribution in [1.29, 1.82) is 0 Å². The van der Waals surface area contributed by atoms with Crippen LogP contribution >= 0.6 is 0 Å². The molecule has 1 fully saturated rings. The van der Waals surface area contributed by atoms with Gasteiger partial charge in [-0.15, -0.1) is 0 Å². The highest BCUT2D eigenvalue weighted by Gasteiger charge is 2.34. The van der Waals surface area contributed by atoms with Crippen LogP contribution in [0.3, 0.4) is 0 Å². The summed E-state index contributed by atoms with van der Waals surface area (Å²) in [6.45, 7) is 4.99. The Kier molecular flexibility index (Phi) is 3.83. The molecule has 0 saturated carbocycles. The van der Waals surface area contributed by atoms with Crippen molar-refractivity contribution in [2.75, 3.05) is 18.0 Å². The van der Waals surface area contributed by atoms with E-state index in [-0.39, 0.29) is 11.9 Å². The summed E-state index contributed by atoms with van der Waals surface area (Å²) in [6, 6.07) is 2.35. The first-order valence-electron chi connectivity index (χ1n) is 7.07. The molecular weight excluding hydrogens is 309 g/mol. The van der Waals surface area contributed by atoms with Gasteiger partial charge in [0.1, 0.15) is 29.7 Å². The van der Waals surface area contributed by atoms with Crippen LogP contribution in [0.4, 0.5) is 19.0 Å². The third-order valence-electron chi connectivity index (χ3n) is 3.78. The number of alkyl halides is 3. The second-order valence-corrected chi connectivity index (χ2v) is 5.43.